The lowest BCUT2D eigenvalue weighted by Crippen LogP contribution is -2.47. The highest BCUT2D eigenvalue weighted by Crippen LogP contribution is 2.49. The molecule has 4 atom stereocenters. The van der Waals surface area contributed by atoms with Crippen LogP contribution < -0.4 is 0 Å². The van der Waals surface area contributed by atoms with Gasteiger partial charge in [-0.05, 0) is 62.7 Å². The topological polar surface area (TPSA) is 20.2 Å². The summed E-state index contributed by atoms with van der Waals surface area (Å²) in [6, 6.07) is 0. The van der Waals surface area contributed by atoms with E-state index < -0.39 is 17.7 Å². The van der Waals surface area contributed by atoms with Gasteiger partial charge in [0.1, 0.15) is 0 Å². The molecule has 1 N–H and O–H groups in total. The summed E-state index contributed by atoms with van der Waals surface area (Å²) in [4.78, 5) is 0. The van der Waals surface area contributed by atoms with Crippen LogP contribution in [0.2, 0.25) is 0 Å². The standard InChI is InChI=1S/C15H25F3O/c1-10-6-11(2)8-13(7-10)14(19)5-3-4-12(9-14)15(16,17)18/h10-13,19H,3-9H2,1-2H3. The van der Waals surface area contributed by atoms with E-state index in [1.54, 1.807) is 0 Å². The van der Waals surface area contributed by atoms with Gasteiger partial charge >= 0.3 is 6.18 Å². The Morgan fingerprint density at radius 3 is 2.16 bits per heavy atom. The predicted octanol–water partition coefficient (Wildman–Crippen LogP) is 4.54. The van der Waals surface area contributed by atoms with Gasteiger partial charge in [0.2, 0.25) is 0 Å². The molecule has 2 fully saturated rings. The Morgan fingerprint density at radius 2 is 1.63 bits per heavy atom. The summed E-state index contributed by atoms with van der Waals surface area (Å²) < 4.78 is 38.7. The SMILES string of the molecule is CC1CC(C)CC(C2(O)CCCC(C(F)(F)F)C2)C1. The van der Waals surface area contributed by atoms with Gasteiger partial charge in [-0.15, -0.1) is 0 Å². The molecule has 4 unspecified atom stereocenters. The quantitative estimate of drug-likeness (QED) is 0.746. The monoisotopic (exact) mass is 278 g/mol. The lowest BCUT2D eigenvalue weighted by Gasteiger charge is -2.46. The van der Waals surface area contributed by atoms with Crippen LogP contribution in [0.5, 0.6) is 0 Å². The Hall–Kier alpha value is -0.250. The average molecular weight is 278 g/mol. The number of hydrogen-bond acceptors (Lipinski definition) is 1. The van der Waals surface area contributed by atoms with E-state index >= 15 is 0 Å². The second-order valence-corrected chi connectivity index (χ2v) is 7.05. The molecular formula is C15H25F3O. The first-order valence-corrected chi connectivity index (χ1v) is 7.50. The third kappa shape index (κ3) is 3.45. The van der Waals surface area contributed by atoms with Crippen LogP contribution in [0.4, 0.5) is 13.2 Å². The molecule has 0 bridgehead atoms. The highest BCUT2D eigenvalue weighted by Gasteiger charge is 2.50. The van der Waals surface area contributed by atoms with Gasteiger partial charge in [-0.2, -0.15) is 13.2 Å². The molecule has 0 amide bonds. The van der Waals surface area contributed by atoms with Gasteiger partial charge in [0, 0.05) is 0 Å². The normalized spacial score (nSPS) is 45.2. The van der Waals surface area contributed by atoms with Crippen LogP contribution in [0.15, 0.2) is 0 Å². The second-order valence-electron chi connectivity index (χ2n) is 7.05. The first-order chi connectivity index (χ1) is 8.71. The summed E-state index contributed by atoms with van der Waals surface area (Å²) in [6.45, 7) is 4.30. The van der Waals surface area contributed by atoms with E-state index in [1.807, 2.05) is 0 Å². The Balaban J connectivity index is 2.08. The van der Waals surface area contributed by atoms with Gasteiger partial charge < -0.3 is 5.11 Å². The summed E-state index contributed by atoms with van der Waals surface area (Å²) in [5.74, 6) is -0.219. The fourth-order valence-electron chi connectivity index (χ4n) is 4.32. The van der Waals surface area contributed by atoms with Gasteiger partial charge in [0.05, 0.1) is 11.5 Å². The average Bonchev–Trinajstić information content (AvgIpc) is 2.26. The molecular weight excluding hydrogens is 253 g/mol. The van der Waals surface area contributed by atoms with Crippen molar-refractivity contribution in [3.8, 4) is 0 Å². The zero-order valence-corrected chi connectivity index (χ0v) is 11.8. The van der Waals surface area contributed by atoms with Crippen LogP contribution in [0, 0.1) is 23.7 Å². The Kier molecular flexibility index (Phi) is 4.20. The molecule has 0 radical (unpaired) electrons. The Morgan fingerprint density at radius 1 is 1.05 bits per heavy atom. The van der Waals surface area contributed by atoms with Crippen molar-refractivity contribution in [1.29, 1.82) is 0 Å². The molecule has 19 heavy (non-hydrogen) atoms. The minimum absolute atomic E-state index is 0.0522. The minimum atomic E-state index is -4.15. The maximum absolute atomic E-state index is 12.9. The number of aliphatic hydroxyl groups is 1. The lowest BCUT2D eigenvalue weighted by molar-refractivity contribution is -0.209. The zero-order valence-electron chi connectivity index (χ0n) is 11.8. The molecule has 0 aromatic carbocycles. The van der Waals surface area contributed by atoms with Crippen molar-refractivity contribution in [2.24, 2.45) is 23.7 Å². The summed E-state index contributed by atoms with van der Waals surface area (Å²) in [5, 5.41) is 10.8. The molecule has 1 nitrogen and oxygen atoms in total. The molecule has 0 spiro atoms. The largest absolute Gasteiger partial charge is 0.391 e. The maximum Gasteiger partial charge on any atom is 0.391 e. The van der Waals surface area contributed by atoms with Crippen molar-refractivity contribution in [3.05, 3.63) is 0 Å². The van der Waals surface area contributed by atoms with E-state index in [0.717, 1.165) is 19.3 Å². The van der Waals surface area contributed by atoms with Crippen molar-refractivity contribution >= 4 is 0 Å². The number of hydrogen-bond donors (Lipinski definition) is 1. The van der Waals surface area contributed by atoms with Crippen LogP contribution in [0.1, 0.15) is 58.8 Å². The fraction of sp³-hybridized carbons (Fsp3) is 1.00. The molecule has 2 rings (SSSR count). The van der Waals surface area contributed by atoms with E-state index in [-0.39, 0.29) is 18.8 Å². The predicted molar refractivity (Wildman–Crippen MR) is 68.6 cm³/mol. The minimum Gasteiger partial charge on any atom is -0.390 e. The van der Waals surface area contributed by atoms with Gasteiger partial charge in [0.25, 0.3) is 0 Å². The van der Waals surface area contributed by atoms with E-state index in [0.29, 0.717) is 24.7 Å². The first-order valence-electron chi connectivity index (χ1n) is 7.50. The highest BCUT2D eigenvalue weighted by atomic mass is 19.4. The molecule has 0 aromatic rings. The zero-order chi connectivity index (χ0) is 14.3. The van der Waals surface area contributed by atoms with Crippen LogP contribution in [0.3, 0.4) is 0 Å². The molecule has 2 aliphatic rings. The number of alkyl halides is 3. The third-order valence-electron chi connectivity index (χ3n) is 5.16. The molecule has 112 valence electrons. The second kappa shape index (κ2) is 5.27. The van der Waals surface area contributed by atoms with E-state index in [2.05, 4.69) is 13.8 Å². The van der Waals surface area contributed by atoms with Crippen LogP contribution in [0.25, 0.3) is 0 Å². The maximum atomic E-state index is 12.9. The van der Waals surface area contributed by atoms with Gasteiger partial charge in [0.15, 0.2) is 0 Å². The summed E-state index contributed by atoms with van der Waals surface area (Å²) in [5.41, 5.74) is -1.08. The van der Waals surface area contributed by atoms with Crippen LogP contribution >= 0.6 is 0 Å². The summed E-state index contributed by atoms with van der Waals surface area (Å²) in [7, 11) is 0. The van der Waals surface area contributed by atoms with Crippen molar-refractivity contribution in [1.82, 2.24) is 0 Å². The Bertz CT molecular complexity index is 305. The molecule has 4 heteroatoms. The smallest absolute Gasteiger partial charge is 0.390 e. The molecule has 0 aromatic heterocycles. The van der Waals surface area contributed by atoms with Gasteiger partial charge in [-0.1, -0.05) is 13.8 Å². The van der Waals surface area contributed by atoms with Crippen molar-refractivity contribution in [2.75, 3.05) is 0 Å². The molecule has 0 aliphatic heterocycles. The summed E-state index contributed by atoms with van der Waals surface area (Å²) >= 11 is 0. The summed E-state index contributed by atoms with van der Waals surface area (Å²) in [6.07, 6.45) is -0.111. The van der Waals surface area contributed by atoms with E-state index in [9.17, 15) is 18.3 Å². The molecule has 0 saturated heterocycles. The van der Waals surface area contributed by atoms with Crippen molar-refractivity contribution < 1.29 is 18.3 Å². The highest BCUT2D eigenvalue weighted by molar-refractivity contribution is 4.96. The number of rotatable bonds is 1. The molecule has 2 aliphatic carbocycles. The van der Waals surface area contributed by atoms with Gasteiger partial charge in [-0.3, -0.25) is 0 Å². The Labute approximate surface area is 113 Å². The fourth-order valence-corrected chi connectivity index (χ4v) is 4.32. The van der Waals surface area contributed by atoms with Crippen molar-refractivity contribution in [2.45, 2.75) is 70.6 Å². The van der Waals surface area contributed by atoms with E-state index in [1.165, 1.54) is 0 Å². The van der Waals surface area contributed by atoms with Crippen LogP contribution in [-0.2, 0) is 0 Å². The van der Waals surface area contributed by atoms with E-state index in [4.69, 9.17) is 0 Å². The third-order valence-corrected chi connectivity index (χ3v) is 5.16. The first kappa shape index (κ1) is 15.1. The van der Waals surface area contributed by atoms with Crippen LogP contribution in [-0.4, -0.2) is 16.9 Å². The molecule has 0 heterocycles. The lowest BCUT2D eigenvalue weighted by atomic mass is 9.63. The molecule has 2 saturated carbocycles. The van der Waals surface area contributed by atoms with Crippen molar-refractivity contribution in [3.63, 3.8) is 0 Å². The number of halogens is 3. The van der Waals surface area contributed by atoms with Gasteiger partial charge in [-0.25, -0.2) is 0 Å².